The van der Waals surface area contributed by atoms with Crippen molar-refractivity contribution in [3.05, 3.63) is 158 Å². The first-order valence-corrected chi connectivity index (χ1v) is 15.4. The highest BCUT2D eigenvalue weighted by Crippen LogP contribution is 2.59. The van der Waals surface area contributed by atoms with Crippen molar-refractivity contribution < 1.29 is 4.42 Å². The molecule has 0 saturated carbocycles. The zero-order valence-electron chi connectivity index (χ0n) is 24.3. The fraction of sp³-hybridized carbons (Fsp3) is 0. The third kappa shape index (κ3) is 3.46. The standard InChI is InChI=1S/C42H26N2O/c1-4-14-31-27(10-1)13-9-18-36(31)44-38-24-21-28-11-2-5-15-32(28)41(38)43(37-23-20-29-12-3-6-16-33(29)42(37)44)30-22-25-40-35(26-30)34-17-7-8-19-39(34)45-40/h1-26H. The average molecular weight is 575 g/mol. The van der Waals surface area contributed by atoms with Gasteiger partial charge in [0.15, 0.2) is 0 Å². The second-order valence-corrected chi connectivity index (χ2v) is 11.8. The van der Waals surface area contributed by atoms with Gasteiger partial charge in [-0.2, -0.15) is 0 Å². The molecule has 1 aliphatic rings. The van der Waals surface area contributed by atoms with Crippen LogP contribution >= 0.6 is 0 Å². The molecule has 0 N–H and O–H groups in total. The fourth-order valence-corrected chi connectivity index (χ4v) is 7.33. The van der Waals surface area contributed by atoms with Crippen LogP contribution in [0.25, 0.3) is 54.3 Å². The Balaban J connectivity index is 1.36. The van der Waals surface area contributed by atoms with Gasteiger partial charge in [0.05, 0.1) is 28.4 Å². The number of nitrogens with zero attached hydrogens (tertiary/aromatic N) is 2. The first-order valence-electron chi connectivity index (χ1n) is 15.4. The lowest BCUT2D eigenvalue weighted by Crippen LogP contribution is -2.24. The Kier molecular flexibility index (Phi) is 5.00. The van der Waals surface area contributed by atoms with Crippen LogP contribution in [0, 0.1) is 0 Å². The number of para-hydroxylation sites is 1. The van der Waals surface area contributed by atoms with Gasteiger partial charge in [-0.1, -0.05) is 115 Å². The number of hydrogen-bond donors (Lipinski definition) is 0. The summed E-state index contributed by atoms with van der Waals surface area (Å²) in [6.07, 6.45) is 0. The van der Waals surface area contributed by atoms with Crippen molar-refractivity contribution in [2.75, 3.05) is 9.80 Å². The van der Waals surface area contributed by atoms with Crippen LogP contribution in [-0.4, -0.2) is 0 Å². The van der Waals surface area contributed by atoms with E-state index < -0.39 is 0 Å². The van der Waals surface area contributed by atoms with E-state index in [1.54, 1.807) is 0 Å². The minimum Gasteiger partial charge on any atom is -0.456 e. The summed E-state index contributed by atoms with van der Waals surface area (Å²) < 4.78 is 6.25. The van der Waals surface area contributed by atoms with Gasteiger partial charge in [-0.25, -0.2) is 0 Å². The minimum atomic E-state index is 0.895. The van der Waals surface area contributed by atoms with Crippen LogP contribution in [0.1, 0.15) is 0 Å². The lowest BCUT2D eigenvalue weighted by molar-refractivity contribution is 0.669. The zero-order valence-corrected chi connectivity index (χ0v) is 24.3. The molecule has 0 atom stereocenters. The molecule has 0 spiro atoms. The quantitative estimate of drug-likeness (QED) is 0.205. The second-order valence-electron chi connectivity index (χ2n) is 11.8. The van der Waals surface area contributed by atoms with E-state index in [0.29, 0.717) is 0 Å². The summed E-state index contributed by atoms with van der Waals surface area (Å²) in [5.74, 6) is 0. The third-order valence-electron chi connectivity index (χ3n) is 9.31. The Morgan fingerprint density at radius 3 is 1.60 bits per heavy atom. The van der Waals surface area contributed by atoms with Crippen molar-refractivity contribution >= 4 is 88.4 Å². The number of hydrogen-bond acceptors (Lipinski definition) is 3. The topological polar surface area (TPSA) is 19.6 Å². The maximum atomic E-state index is 6.25. The van der Waals surface area contributed by atoms with Crippen molar-refractivity contribution in [2.45, 2.75) is 0 Å². The molecule has 0 fully saturated rings. The molecule has 0 radical (unpaired) electrons. The first-order chi connectivity index (χ1) is 22.3. The highest BCUT2D eigenvalue weighted by atomic mass is 16.3. The van der Waals surface area contributed by atoms with Gasteiger partial charge in [0, 0.05) is 32.6 Å². The molecule has 0 bridgehead atoms. The number of furan rings is 1. The van der Waals surface area contributed by atoms with Gasteiger partial charge in [0.1, 0.15) is 11.2 Å². The van der Waals surface area contributed by atoms with E-state index in [1.165, 1.54) is 38.0 Å². The summed E-state index contributed by atoms with van der Waals surface area (Å²) in [5, 5.41) is 9.51. The molecule has 210 valence electrons. The van der Waals surface area contributed by atoms with E-state index in [-0.39, 0.29) is 0 Å². The lowest BCUT2D eigenvalue weighted by atomic mass is 9.95. The normalized spacial score (nSPS) is 12.8. The summed E-state index contributed by atoms with van der Waals surface area (Å²) in [7, 11) is 0. The maximum Gasteiger partial charge on any atom is 0.135 e. The van der Waals surface area contributed by atoms with Crippen molar-refractivity contribution in [3.63, 3.8) is 0 Å². The number of fused-ring (bicyclic) bond motifs is 10. The van der Waals surface area contributed by atoms with E-state index in [4.69, 9.17) is 4.42 Å². The lowest BCUT2D eigenvalue weighted by Gasteiger charge is -2.42. The highest BCUT2D eigenvalue weighted by molar-refractivity contribution is 6.19. The maximum absolute atomic E-state index is 6.25. The molecule has 10 rings (SSSR count). The molecule has 1 aliphatic heterocycles. The highest BCUT2D eigenvalue weighted by Gasteiger charge is 2.34. The van der Waals surface area contributed by atoms with Gasteiger partial charge < -0.3 is 14.2 Å². The van der Waals surface area contributed by atoms with Crippen LogP contribution < -0.4 is 9.80 Å². The van der Waals surface area contributed by atoms with Crippen LogP contribution in [0.3, 0.4) is 0 Å². The molecular weight excluding hydrogens is 548 g/mol. The van der Waals surface area contributed by atoms with Gasteiger partial charge in [0.2, 0.25) is 0 Å². The first kappa shape index (κ1) is 24.4. The summed E-state index contributed by atoms with van der Waals surface area (Å²) >= 11 is 0. The van der Waals surface area contributed by atoms with E-state index in [2.05, 4.69) is 155 Å². The summed E-state index contributed by atoms with van der Waals surface area (Å²) in [4.78, 5) is 4.95. The Morgan fingerprint density at radius 2 is 0.867 bits per heavy atom. The molecule has 0 amide bonds. The van der Waals surface area contributed by atoms with Gasteiger partial charge >= 0.3 is 0 Å². The van der Waals surface area contributed by atoms with Crippen LogP contribution in [-0.2, 0) is 0 Å². The van der Waals surface area contributed by atoms with Crippen LogP contribution in [0.2, 0.25) is 0 Å². The fourth-order valence-electron chi connectivity index (χ4n) is 7.33. The smallest absolute Gasteiger partial charge is 0.135 e. The van der Waals surface area contributed by atoms with Gasteiger partial charge in [-0.05, 0) is 58.6 Å². The number of anilines is 6. The van der Waals surface area contributed by atoms with Crippen molar-refractivity contribution in [1.29, 1.82) is 0 Å². The van der Waals surface area contributed by atoms with Crippen LogP contribution in [0.5, 0.6) is 0 Å². The monoisotopic (exact) mass is 574 g/mol. The molecule has 0 saturated heterocycles. The number of rotatable bonds is 2. The molecule has 0 aliphatic carbocycles. The third-order valence-corrected chi connectivity index (χ3v) is 9.31. The Bertz CT molecular complexity index is 2630. The predicted octanol–water partition coefficient (Wildman–Crippen LogP) is 12.3. The molecule has 3 nitrogen and oxygen atoms in total. The van der Waals surface area contributed by atoms with Gasteiger partial charge in [0.25, 0.3) is 0 Å². The van der Waals surface area contributed by atoms with Crippen LogP contribution in [0.4, 0.5) is 34.1 Å². The van der Waals surface area contributed by atoms with Crippen molar-refractivity contribution in [1.82, 2.24) is 0 Å². The van der Waals surface area contributed by atoms with E-state index in [1.807, 2.05) is 12.1 Å². The summed E-state index contributed by atoms with van der Waals surface area (Å²) in [6, 6.07) is 56.8. The van der Waals surface area contributed by atoms with E-state index in [0.717, 1.165) is 50.4 Å². The van der Waals surface area contributed by atoms with E-state index >= 15 is 0 Å². The molecule has 0 unspecified atom stereocenters. The molecule has 9 aromatic rings. The SMILES string of the molecule is c1ccc2c(N3c4ccc5ccccc5c4N(c4ccc5oc6ccccc6c5c4)c4ccc5ccccc5c43)cccc2c1. The molecule has 8 aromatic carbocycles. The Labute approximate surface area is 259 Å². The molecule has 2 heterocycles. The molecule has 45 heavy (non-hydrogen) atoms. The van der Waals surface area contributed by atoms with E-state index in [9.17, 15) is 0 Å². The van der Waals surface area contributed by atoms with Crippen molar-refractivity contribution in [3.8, 4) is 0 Å². The predicted molar refractivity (Wildman–Crippen MR) is 189 cm³/mol. The second kappa shape index (κ2) is 9.22. The Hall–Kier alpha value is -6.06. The largest absolute Gasteiger partial charge is 0.456 e. The molecular formula is C42H26N2O. The van der Waals surface area contributed by atoms with Crippen LogP contribution in [0.15, 0.2) is 162 Å². The van der Waals surface area contributed by atoms with Gasteiger partial charge in [-0.3, -0.25) is 0 Å². The summed E-state index contributed by atoms with van der Waals surface area (Å²) in [6.45, 7) is 0. The average Bonchev–Trinajstić information content (AvgIpc) is 3.48. The Morgan fingerprint density at radius 1 is 0.333 bits per heavy atom. The molecule has 1 aromatic heterocycles. The van der Waals surface area contributed by atoms with Gasteiger partial charge in [-0.15, -0.1) is 0 Å². The number of benzene rings is 8. The molecule has 3 heteroatoms. The zero-order chi connectivity index (χ0) is 29.5. The van der Waals surface area contributed by atoms with Crippen molar-refractivity contribution in [2.24, 2.45) is 0 Å². The summed E-state index contributed by atoms with van der Waals surface area (Å²) in [5.41, 5.74) is 8.68. The minimum absolute atomic E-state index is 0.895.